The molecule has 2 N–H and O–H groups in total. The standard InChI is InChI=1S/C13H14Cl2FN3/c1-7(2)19-13(10(15)6-18-19)12(17)8-3-4-11(16)9(14)5-8/h3-7,12H,17H2,1-2H3. The molecule has 0 fully saturated rings. The lowest BCUT2D eigenvalue weighted by atomic mass is 10.0. The van der Waals surface area contributed by atoms with Gasteiger partial charge >= 0.3 is 0 Å². The van der Waals surface area contributed by atoms with Gasteiger partial charge in [-0.2, -0.15) is 5.10 Å². The van der Waals surface area contributed by atoms with Crippen LogP contribution in [0.25, 0.3) is 0 Å². The van der Waals surface area contributed by atoms with Crippen molar-refractivity contribution in [2.75, 3.05) is 0 Å². The van der Waals surface area contributed by atoms with Crippen molar-refractivity contribution in [3.8, 4) is 0 Å². The van der Waals surface area contributed by atoms with Crippen LogP contribution in [0, 0.1) is 5.82 Å². The monoisotopic (exact) mass is 301 g/mol. The van der Waals surface area contributed by atoms with Gasteiger partial charge in [0.1, 0.15) is 5.82 Å². The van der Waals surface area contributed by atoms with Crippen molar-refractivity contribution < 1.29 is 4.39 Å². The van der Waals surface area contributed by atoms with Crippen LogP contribution in [0.1, 0.15) is 37.2 Å². The zero-order valence-electron chi connectivity index (χ0n) is 10.6. The zero-order valence-corrected chi connectivity index (χ0v) is 12.1. The highest BCUT2D eigenvalue weighted by Gasteiger charge is 2.20. The summed E-state index contributed by atoms with van der Waals surface area (Å²) >= 11 is 11.9. The van der Waals surface area contributed by atoms with Crippen molar-refractivity contribution in [1.82, 2.24) is 9.78 Å². The predicted octanol–water partition coefficient (Wildman–Crippen LogP) is 3.96. The van der Waals surface area contributed by atoms with E-state index in [1.807, 2.05) is 13.8 Å². The maximum Gasteiger partial charge on any atom is 0.141 e. The van der Waals surface area contributed by atoms with Crippen molar-refractivity contribution in [2.24, 2.45) is 5.73 Å². The van der Waals surface area contributed by atoms with Gasteiger partial charge in [0.15, 0.2) is 0 Å². The lowest BCUT2D eigenvalue weighted by Gasteiger charge is -2.18. The third kappa shape index (κ3) is 2.76. The third-order valence-corrected chi connectivity index (χ3v) is 3.45. The summed E-state index contributed by atoms with van der Waals surface area (Å²) in [6.07, 6.45) is 1.56. The van der Waals surface area contributed by atoms with E-state index in [4.69, 9.17) is 28.9 Å². The summed E-state index contributed by atoms with van der Waals surface area (Å²) in [6, 6.07) is 4.02. The molecule has 0 aliphatic heterocycles. The molecular formula is C13H14Cl2FN3. The Morgan fingerprint density at radius 1 is 1.26 bits per heavy atom. The van der Waals surface area contributed by atoms with Crippen LogP contribution in [0.3, 0.4) is 0 Å². The summed E-state index contributed by atoms with van der Waals surface area (Å²) in [6.45, 7) is 3.97. The first-order valence-electron chi connectivity index (χ1n) is 5.85. The Morgan fingerprint density at radius 3 is 2.53 bits per heavy atom. The molecule has 6 heteroatoms. The van der Waals surface area contributed by atoms with E-state index in [-0.39, 0.29) is 11.1 Å². The molecule has 1 unspecified atom stereocenters. The molecule has 0 saturated heterocycles. The molecule has 0 radical (unpaired) electrons. The molecule has 1 aromatic carbocycles. The van der Waals surface area contributed by atoms with Crippen LogP contribution in [-0.2, 0) is 0 Å². The second kappa shape index (κ2) is 5.49. The van der Waals surface area contributed by atoms with Gasteiger partial charge in [-0.05, 0) is 31.5 Å². The normalized spacial score (nSPS) is 13.0. The highest BCUT2D eigenvalue weighted by atomic mass is 35.5. The van der Waals surface area contributed by atoms with Crippen molar-refractivity contribution in [3.05, 3.63) is 51.5 Å². The lowest BCUT2D eigenvalue weighted by Crippen LogP contribution is -2.19. The molecule has 0 aliphatic carbocycles. The Hall–Kier alpha value is -1.10. The van der Waals surface area contributed by atoms with E-state index >= 15 is 0 Å². The predicted molar refractivity (Wildman–Crippen MR) is 75.1 cm³/mol. The molecular weight excluding hydrogens is 288 g/mol. The first-order valence-corrected chi connectivity index (χ1v) is 6.60. The molecule has 2 aromatic rings. The summed E-state index contributed by atoms with van der Waals surface area (Å²) in [5, 5.41) is 4.73. The van der Waals surface area contributed by atoms with Crippen molar-refractivity contribution in [1.29, 1.82) is 0 Å². The molecule has 0 aliphatic rings. The molecule has 0 bridgehead atoms. The highest BCUT2D eigenvalue weighted by molar-refractivity contribution is 6.31. The van der Waals surface area contributed by atoms with E-state index in [2.05, 4.69) is 5.10 Å². The molecule has 0 saturated carbocycles. The second-order valence-electron chi connectivity index (χ2n) is 4.57. The Kier molecular flexibility index (Phi) is 4.13. The number of hydrogen-bond donors (Lipinski definition) is 1. The second-order valence-corrected chi connectivity index (χ2v) is 5.38. The number of rotatable bonds is 3. The van der Waals surface area contributed by atoms with Gasteiger partial charge < -0.3 is 5.73 Å². The molecule has 2 rings (SSSR count). The van der Waals surface area contributed by atoms with E-state index in [1.165, 1.54) is 12.1 Å². The Morgan fingerprint density at radius 2 is 1.95 bits per heavy atom. The van der Waals surface area contributed by atoms with E-state index in [0.29, 0.717) is 16.3 Å². The fourth-order valence-electron chi connectivity index (χ4n) is 1.92. The Balaban J connectivity index is 2.46. The fraction of sp³-hybridized carbons (Fsp3) is 0.308. The van der Waals surface area contributed by atoms with Crippen LogP contribution in [0.4, 0.5) is 4.39 Å². The van der Waals surface area contributed by atoms with Gasteiger partial charge in [0.05, 0.1) is 28.0 Å². The lowest BCUT2D eigenvalue weighted by molar-refractivity contribution is 0.499. The molecule has 102 valence electrons. The average Bonchev–Trinajstić information content (AvgIpc) is 2.74. The van der Waals surface area contributed by atoms with Gasteiger partial charge in [-0.1, -0.05) is 29.3 Å². The quantitative estimate of drug-likeness (QED) is 0.932. The van der Waals surface area contributed by atoms with Crippen LogP contribution >= 0.6 is 23.2 Å². The van der Waals surface area contributed by atoms with Crippen LogP contribution in [-0.4, -0.2) is 9.78 Å². The molecule has 1 atom stereocenters. The average molecular weight is 302 g/mol. The molecule has 1 aromatic heterocycles. The SMILES string of the molecule is CC(C)n1ncc(Cl)c1C(N)c1ccc(F)c(Cl)c1. The first kappa shape index (κ1) is 14.3. The maximum atomic E-state index is 13.2. The minimum Gasteiger partial charge on any atom is -0.319 e. The molecule has 0 amide bonds. The van der Waals surface area contributed by atoms with E-state index < -0.39 is 11.9 Å². The summed E-state index contributed by atoms with van der Waals surface area (Å²) < 4.78 is 14.9. The van der Waals surface area contributed by atoms with E-state index in [9.17, 15) is 4.39 Å². The zero-order chi connectivity index (χ0) is 14.2. The largest absolute Gasteiger partial charge is 0.319 e. The van der Waals surface area contributed by atoms with Gasteiger partial charge in [-0.25, -0.2) is 4.39 Å². The van der Waals surface area contributed by atoms with E-state index in [1.54, 1.807) is 16.9 Å². The molecule has 0 spiro atoms. The number of benzene rings is 1. The van der Waals surface area contributed by atoms with Crippen molar-refractivity contribution in [2.45, 2.75) is 25.9 Å². The highest BCUT2D eigenvalue weighted by Crippen LogP contribution is 2.30. The third-order valence-electron chi connectivity index (χ3n) is 2.87. The van der Waals surface area contributed by atoms with Gasteiger partial charge in [0, 0.05) is 6.04 Å². The minimum absolute atomic E-state index is 0.0414. The number of hydrogen-bond acceptors (Lipinski definition) is 2. The van der Waals surface area contributed by atoms with Crippen LogP contribution in [0.5, 0.6) is 0 Å². The van der Waals surface area contributed by atoms with Gasteiger partial charge in [0.2, 0.25) is 0 Å². The minimum atomic E-state index is -0.504. The summed E-state index contributed by atoms with van der Waals surface area (Å²) in [7, 11) is 0. The van der Waals surface area contributed by atoms with Crippen LogP contribution in [0.15, 0.2) is 24.4 Å². The Labute approximate surface area is 121 Å². The van der Waals surface area contributed by atoms with Crippen LogP contribution < -0.4 is 5.73 Å². The number of nitrogens with two attached hydrogens (primary N) is 1. The van der Waals surface area contributed by atoms with Crippen molar-refractivity contribution in [3.63, 3.8) is 0 Å². The smallest absolute Gasteiger partial charge is 0.141 e. The molecule has 19 heavy (non-hydrogen) atoms. The molecule has 3 nitrogen and oxygen atoms in total. The van der Waals surface area contributed by atoms with E-state index in [0.717, 1.165) is 0 Å². The molecule has 1 heterocycles. The van der Waals surface area contributed by atoms with Gasteiger partial charge in [0.25, 0.3) is 0 Å². The summed E-state index contributed by atoms with van der Waals surface area (Å²) in [4.78, 5) is 0. The maximum absolute atomic E-state index is 13.2. The van der Waals surface area contributed by atoms with Gasteiger partial charge in [-0.15, -0.1) is 0 Å². The topological polar surface area (TPSA) is 43.8 Å². The van der Waals surface area contributed by atoms with Gasteiger partial charge in [-0.3, -0.25) is 4.68 Å². The fourth-order valence-corrected chi connectivity index (χ4v) is 2.35. The Bertz CT molecular complexity index is 596. The first-order chi connectivity index (χ1) is 8.91. The van der Waals surface area contributed by atoms with Crippen LogP contribution in [0.2, 0.25) is 10.0 Å². The number of aromatic nitrogens is 2. The summed E-state index contributed by atoms with van der Waals surface area (Å²) in [5.74, 6) is -0.471. The van der Waals surface area contributed by atoms with Crippen molar-refractivity contribution >= 4 is 23.2 Å². The number of halogens is 3. The number of nitrogens with zero attached hydrogens (tertiary/aromatic N) is 2. The summed E-state index contributed by atoms with van der Waals surface area (Å²) in [5.41, 5.74) is 7.58.